The Morgan fingerprint density at radius 2 is 1.70 bits per heavy atom. The van der Waals surface area contributed by atoms with Crippen LogP contribution in [0.2, 0.25) is 0 Å². The van der Waals surface area contributed by atoms with E-state index in [-0.39, 0.29) is 11.8 Å². The first-order valence-electron chi connectivity index (χ1n) is 6.98. The van der Waals surface area contributed by atoms with Gasteiger partial charge in [-0.25, -0.2) is 0 Å². The second kappa shape index (κ2) is 6.05. The summed E-state index contributed by atoms with van der Waals surface area (Å²) < 4.78 is 0. The summed E-state index contributed by atoms with van der Waals surface area (Å²) in [5, 5.41) is 5.39. The van der Waals surface area contributed by atoms with Gasteiger partial charge in [-0.1, -0.05) is 19.3 Å². The Balaban J connectivity index is 2.02. The topological polar surface area (TPSA) is 84.2 Å². The molecule has 0 spiro atoms. The van der Waals surface area contributed by atoms with Crippen LogP contribution < -0.4 is 16.4 Å². The molecular formula is C15H21N3O2. The first kappa shape index (κ1) is 14.5. The fourth-order valence-electron chi connectivity index (χ4n) is 2.51. The zero-order chi connectivity index (χ0) is 14.6. The third-order valence-corrected chi connectivity index (χ3v) is 3.83. The molecule has 0 radical (unpaired) electrons. The highest BCUT2D eigenvalue weighted by Crippen LogP contribution is 2.27. The van der Waals surface area contributed by atoms with E-state index in [2.05, 4.69) is 10.6 Å². The highest BCUT2D eigenvalue weighted by atomic mass is 16.2. The average Bonchev–Trinajstić information content (AvgIpc) is 2.48. The van der Waals surface area contributed by atoms with Crippen molar-refractivity contribution in [3.05, 3.63) is 29.8 Å². The lowest BCUT2D eigenvalue weighted by Gasteiger charge is -2.31. The van der Waals surface area contributed by atoms with Crippen LogP contribution in [0.3, 0.4) is 0 Å². The third-order valence-electron chi connectivity index (χ3n) is 3.83. The summed E-state index contributed by atoms with van der Waals surface area (Å²) in [5.74, 6) is -0.282. The second-order valence-electron chi connectivity index (χ2n) is 5.33. The Hall–Kier alpha value is -1.88. The zero-order valence-corrected chi connectivity index (χ0v) is 11.7. The molecule has 0 heterocycles. The highest BCUT2D eigenvalue weighted by Gasteiger charge is 2.35. The largest absolute Gasteiger partial charge is 0.355 e. The number of hydrogen-bond donors (Lipinski definition) is 3. The maximum Gasteiger partial charge on any atom is 0.251 e. The van der Waals surface area contributed by atoms with Crippen LogP contribution in [0.4, 0.5) is 5.69 Å². The Morgan fingerprint density at radius 3 is 2.25 bits per heavy atom. The zero-order valence-electron chi connectivity index (χ0n) is 11.7. The van der Waals surface area contributed by atoms with Gasteiger partial charge in [-0.3, -0.25) is 9.59 Å². The van der Waals surface area contributed by atoms with E-state index in [4.69, 9.17) is 5.73 Å². The molecule has 1 aliphatic carbocycles. The SMILES string of the molecule is CNC(=O)c1ccc(NC(=O)C2(N)CCCCC2)cc1. The minimum atomic E-state index is -0.752. The van der Waals surface area contributed by atoms with Gasteiger partial charge in [-0.05, 0) is 37.1 Å². The molecule has 0 saturated heterocycles. The summed E-state index contributed by atoms with van der Waals surface area (Å²) in [6.45, 7) is 0. The van der Waals surface area contributed by atoms with E-state index < -0.39 is 5.54 Å². The van der Waals surface area contributed by atoms with Crippen molar-refractivity contribution in [1.29, 1.82) is 0 Å². The van der Waals surface area contributed by atoms with Crippen LogP contribution in [0.25, 0.3) is 0 Å². The fourth-order valence-corrected chi connectivity index (χ4v) is 2.51. The molecule has 2 rings (SSSR count). The van der Waals surface area contributed by atoms with E-state index in [1.54, 1.807) is 31.3 Å². The van der Waals surface area contributed by atoms with E-state index in [9.17, 15) is 9.59 Å². The number of benzene rings is 1. The molecule has 0 unspecified atom stereocenters. The van der Waals surface area contributed by atoms with Crippen LogP contribution in [0, 0.1) is 0 Å². The van der Waals surface area contributed by atoms with Gasteiger partial charge in [0.2, 0.25) is 5.91 Å². The van der Waals surface area contributed by atoms with Crippen LogP contribution in [-0.2, 0) is 4.79 Å². The van der Waals surface area contributed by atoms with Crippen molar-refractivity contribution < 1.29 is 9.59 Å². The molecular weight excluding hydrogens is 254 g/mol. The minimum Gasteiger partial charge on any atom is -0.355 e. The number of nitrogens with two attached hydrogens (primary N) is 1. The fraction of sp³-hybridized carbons (Fsp3) is 0.467. The molecule has 1 saturated carbocycles. The van der Waals surface area contributed by atoms with Crippen molar-refractivity contribution in [2.24, 2.45) is 5.73 Å². The van der Waals surface area contributed by atoms with E-state index in [0.717, 1.165) is 32.1 Å². The van der Waals surface area contributed by atoms with Gasteiger partial charge in [0.05, 0.1) is 5.54 Å². The summed E-state index contributed by atoms with van der Waals surface area (Å²) in [4.78, 5) is 23.7. The molecule has 1 aliphatic rings. The minimum absolute atomic E-state index is 0.134. The predicted octanol–water partition coefficient (Wildman–Crippen LogP) is 1.65. The van der Waals surface area contributed by atoms with Crippen molar-refractivity contribution in [3.63, 3.8) is 0 Å². The van der Waals surface area contributed by atoms with Crippen molar-refractivity contribution in [2.45, 2.75) is 37.6 Å². The molecule has 0 aromatic heterocycles. The monoisotopic (exact) mass is 275 g/mol. The number of anilines is 1. The van der Waals surface area contributed by atoms with Crippen molar-refractivity contribution in [3.8, 4) is 0 Å². The number of carbonyl (C=O) groups is 2. The van der Waals surface area contributed by atoms with E-state index >= 15 is 0 Å². The van der Waals surface area contributed by atoms with Crippen LogP contribution in [-0.4, -0.2) is 24.4 Å². The van der Waals surface area contributed by atoms with Gasteiger partial charge < -0.3 is 16.4 Å². The number of rotatable bonds is 3. The molecule has 20 heavy (non-hydrogen) atoms. The summed E-state index contributed by atoms with van der Waals surface area (Å²) in [6, 6.07) is 6.79. The van der Waals surface area contributed by atoms with Gasteiger partial charge in [0.1, 0.15) is 0 Å². The van der Waals surface area contributed by atoms with Crippen molar-refractivity contribution >= 4 is 17.5 Å². The summed E-state index contributed by atoms with van der Waals surface area (Å²) >= 11 is 0. The summed E-state index contributed by atoms with van der Waals surface area (Å²) in [7, 11) is 1.58. The maximum atomic E-state index is 12.2. The van der Waals surface area contributed by atoms with Crippen LogP contribution in [0.5, 0.6) is 0 Å². The molecule has 0 atom stereocenters. The van der Waals surface area contributed by atoms with E-state index in [1.165, 1.54) is 0 Å². The standard InChI is InChI=1S/C15H21N3O2/c1-17-13(19)11-5-7-12(8-6-11)18-14(20)15(16)9-3-2-4-10-15/h5-8H,2-4,9-10,16H2,1H3,(H,17,19)(H,18,20). The van der Waals surface area contributed by atoms with Gasteiger partial charge in [0, 0.05) is 18.3 Å². The van der Waals surface area contributed by atoms with E-state index in [1.807, 2.05) is 0 Å². The molecule has 1 fully saturated rings. The lowest BCUT2D eigenvalue weighted by Crippen LogP contribution is -2.52. The molecule has 0 bridgehead atoms. The summed E-state index contributed by atoms with van der Waals surface area (Å²) in [6.07, 6.45) is 4.61. The Kier molecular flexibility index (Phi) is 4.39. The number of carbonyl (C=O) groups excluding carboxylic acids is 2. The molecule has 1 aromatic carbocycles. The van der Waals surface area contributed by atoms with Crippen molar-refractivity contribution in [1.82, 2.24) is 5.32 Å². The van der Waals surface area contributed by atoms with Gasteiger partial charge in [0.15, 0.2) is 0 Å². The lowest BCUT2D eigenvalue weighted by molar-refractivity contribution is -0.122. The van der Waals surface area contributed by atoms with Gasteiger partial charge in [-0.15, -0.1) is 0 Å². The molecule has 0 aliphatic heterocycles. The van der Waals surface area contributed by atoms with Crippen molar-refractivity contribution in [2.75, 3.05) is 12.4 Å². The third kappa shape index (κ3) is 3.17. The molecule has 5 nitrogen and oxygen atoms in total. The van der Waals surface area contributed by atoms with Gasteiger partial charge in [0.25, 0.3) is 5.91 Å². The smallest absolute Gasteiger partial charge is 0.251 e. The Labute approximate surface area is 118 Å². The first-order valence-corrected chi connectivity index (χ1v) is 6.98. The molecule has 108 valence electrons. The summed E-state index contributed by atoms with van der Waals surface area (Å²) in [5.41, 5.74) is 6.65. The lowest BCUT2D eigenvalue weighted by atomic mass is 9.82. The highest BCUT2D eigenvalue weighted by molar-refractivity contribution is 5.99. The van der Waals surface area contributed by atoms with Gasteiger partial charge >= 0.3 is 0 Å². The number of amides is 2. The van der Waals surface area contributed by atoms with Crippen LogP contribution in [0.1, 0.15) is 42.5 Å². The molecule has 5 heteroatoms. The molecule has 1 aromatic rings. The Morgan fingerprint density at radius 1 is 1.10 bits per heavy atom. The second-order valence-corrected chi connectivity index (χ2v) is 5.33. The quantitative estimate of drug-likeness (QED) is 0.784. The normalized spacial score (nSPS) is 17.3. The average molecular weight is 275 g/mol. The van der Waals surface area contributed by atoms with Crippen LogP contribution in [0.15, 0.2) is 24.3 Å². The number of nitrogens with one attached hydrogen (secondary N) is 2. The Bertz CT molecular complexity index is 490. The molecule has 4 N–H and O–H groups in total. The van der Waals surface area contributed by atoms with E-state index in [0.29, 0.717) is 11.3 Å². The maximum absolute atomic E-state index is 12.2. The van der Waals surface area contributed by atoms with Gasteiger partial charge in [-0.2, -0.15) is 0 Å². The molecule has 2 amide bonds. The van der Waals surface area contributed by atoms with Crippen LogP contribution >= 0.6 is 0 Å². The predicted molar refractivity (Wildman–Crippen MR) is 78.5 cm³/mol. The first-order chi connectivity index (χ1) is 9.55. The number of hydrogen-bond acceptors (Lipinski definition) is 3.